The van der Waals surface area contributed by atoms with Crippen LogP contribution in [0, 0.1) is 13.8 Å². The highest BCUT2D eigenvalue weighted by Crippen LogP contribution is 2.25. The van der Waals surface area contributed by atoms with Gasteiger partial charge in [0.15, 0.2) is 0 Å². The number of aryl methyl sites for hydroxylation is 2. The maximum atomic E-state index is 14.6. The van der Waals surface area contributed by atoms with E-state index in [2.05, 4.69) is 26.6 Å². The third-order valence-electron chi connectivity index (χ3n) is 10.7. The molecule has 8 aromatic rings. The Balaban J connectivity index is 1.34. The highest BCUT2D eigenvalue weighted by Gasteiger charge is 2.23. The summed E-state index contributed by atoms with van der Waals surface area (Å²) in [5.74, 6) is -2.92. The number of hydrogen-bond acceptors (Lipinski definition) is 8. The summed E-state index contributed by atoms with van der Waals surface area (Å²) in [4.78, 5) is 104. The van der Waals surface area contributed by atoms with Crippen LogP contribution in [-0.2, 0) is 9.59 Å². The number of aromatic nitrogens is 6. The Morgan fingerprint density at radius 3 is 1.14 bits per heavy atom. The first-order valence-electron chi connectivity index (χ1n) is 19.7. The molecule has 4 heterocycles. The highest BCUT2D eigenvalue weighted by molar-refractivity contribution is 5.91. The number of rotatable bonds is 10. The van der Waals surface area contributed by atoms with Gasteiger partial charge in [0.25, 0.3) is 22.2 Å². The van der Waals surface area contributed by atoms with Crippen LogP contribution in [0.25, 0.3) is 57.0 Å². The number of carbonyl (C=O) groups excluding carboxylic acids is 2. The van der Waals surface area contributed by atoms with Gasteiger partial charge in [-0.25, -0.2) is 19.0 Å². The first-order chi connectivity index (χ1) is 31.0. The minimum Gasteiger partial charge on any atom is -0.478 e. The number of carbonyl (C=O) groups is 4. The molecule has 0 bridgehead atoms. The molecule has 0 aliphatic heterocycles. The Morgan fingerprint density at radius 2 is 0.831 bits per heavy atom. The lowest BCUT2D eigenvalue weighted by Crippen LogP contribution is -2.24. The zero-order valence-electron chi connectivity index (χ0n) is 34.8. The molecule has 0 unspecified atom stereocenters. The molecule has 0 saturated carbocycles. The Labute approximate surface area is 365 Å². The number of aromatic carboxylic acids is 2. The van der Waals surface area contributed by atoms with Crippen molar-refractivity contribution in [1.29, 1.82) is 0 Å². The minimum absolute atomic E-state index is 0.0000583. The minimum atomic E-state index is -1.15. The summed E-state index contributed by atoms with van der Waals surface area (Å²) in [5.41, 5.74) is 3.56. The molecule has 0 aliphatic carbocycles. The fraction of sp³-hybridized carbons (Fsp3) is 0.0851. The van der Waals surface area contributed by atoms with Crippen LogP contribution in [0.15, 0.2) is 122 Å². The van der Waals surface area contributed by atoms with Crippen molar-refractivity contribution in [1.82, 2.24) is 28.7 Å². The molecule has 2 amide bonds. The first kappa shape index (κ1) is 42.4. The van der Waals surface area contributed by atoms with Crippen molar-refractivity contribution in [3.8, 4) is 22.7 Å². The molecule has 0 fully saturated rings. The number of nitrogens with one attached hydrogen (secondary N) is 4. The summed E-state index contributed by atoms with van der Waals surface area (Å²) in [6, 6.07) is 23.8. The summed E-state index contributed by atoms with van der Waals surface area (Å²) in [6.45, 7) is 5.86. The molecule has 0 aliphatic rings. The first-order valence-corrected chi connectivity index (χ1v) is 19.7. The summed E-state index contributed by atoms with van der Waals surface area (Å²) < 4.78 is 4.92. The molecule has 4 aromatic carbocycles. The molecule has 0 radical (unpaired) electrons. The predicted octanol–water partition coefficient (Wildman–Crippen LogP) is 5.51. The lowest BCUT2D eigenvalue weighted by Gasteiger charge is -2.12. The van der Waals surface area contributed by atoms with Gasteiger partial charge in [0, 0.05) is 25.2 Å². The van der Waals surface area contributed by atoms with Crippen LogP contribution in [0.5, 0.6) is 0 Å². The third-order valence-corrected chi connectivity index (χ3v) is 10.7. The number of carboxylic acids is 2. The number of carboxylic acid groups (broad SMARTS) is 2. The number of fused-ring (bicyclic) bond motifs is 2. The van der Waals surface area contributed by atoms with Gasteiger partial charge in [0.1, 0.15) is 11.3 Å². The number of anilines is 2. The van der Waals surface area contributed by atoms with E-state index in [9.17, 15) is 48.6 Å². The van der Waals surface area contributed by atoms with E-state index >= 15 is 0 Å². The van der Waals surface area contributed by atoms with Crippen LogP contribution in [0.4, 0.5) is 11.4 Å². The van der Waals surface area contributed by atoms with Crippen LogP contribution >= 0.6 is 0 Å². The lowest BCUT2D eigenvalue weighted by atomic mass is 10.1. The molecule has 6 N–H and O–H groups in total. The largest absolute Gasteiger partial charge is 0.478 e. The number of amides is 2. The molecule has 0 spiro atoms. The van der Waals surface area contributed by atoms with Crippen molar-refractivity contribution in [2.24, 2.45) is 0 Å². The lowest BCUT2D eigenvalue weighted by molar-refractivity contribution is -0.115. The molecular formula is C47H36N8O10. The van der Waals surface area contributed by atoms with E-state index in [-0.39, 0.29) is 67.3 Å². The smallest absolute Gasteiger partial charge is 0.335 e. The van der Waals surface area contributed by atoms with Crippen molar-refractivity contribution in [2.75, 3.05) is 10.6 Å². The van der Waals surface area contributed by atoms with E-state index in [4.69, 9.17) is 0 Å². The summed E-state index contributed by atoms with van der Waals surface area (Å²) in [6.07, 6.45) is 2.65. The molecule has 18 nitrogen and oxygen atoms in total. The van der Waals surface area contributed by atoms with Crippen LogP contribution < -0.4 is 32.9 Å². The molecule has 18 heteroatoms. The standard InChI is InChI=1S/C47H36N8O10/c1-24-36(42(58)52(32-20-12-30(13-21-32)48-26(3)56)40-38(24)44(60)54(50-40)34-16-8-28(9-17-34)46(62)63)6-5-7-37-25(2)39-41(51-55(45(39)61)35-18-10-29(11-19-35)47(64)65)53(43(37)59)33-22-14-31(15-23-33)49-27(4)57/h6-23,50-51H,1-4H3,(H,48,56)(H,49,57)(H,62,63)(H,64,65). The molecule has 4 aromatic heterocycles. The monoisotopic (exact) mass is 872 g/mol. The number of hydrogen-bond donors (Lipinski definition) is 6. The normalized spacial score (nSPS) is 11.0. The Hall–Kier alpha value is -9.28. The average molecular weight is 873 g/mol. The van der Waals surface area contributed by atoms with Gasteiger partial charge in [-0.3, -0.25) is 48.1 Å². The predicted molar refractivity (Wildman–Crippen MR) is 243 cm³/mol. The van der Waals surface area contributed by atoms with E-state index in [0.29, 0.717) is 34.1 Å². The molecule has 324 valence electrons. The quantitative estimate of drug-likeness (QED) is 0.0940. The maximum absolute atomic E-state index is 14.6. The molecule has 65 heavy (non-hydrogen) atoms. The van der Waals surface area contributed by atoms with Crippen LogP contribution in [0.3, 0.4) is 0 Å². The van der Waals surface area contributed by atoms with Crippen LogP contribution in [0.2, 0.25) is 0 Å². The molecule has 0 atom stereocenters. The number of aromatic amines is 2. The maximum Gasteiger partial charge on any atom is 0.335 e. The van der Waals surface area contributed by atoms with Gasteiger partial charge in [-0.05, 0) is 134 Å². The van der Waals surface area contributed by atoms with Crippen molar-refractivity contribution in [3.05, 3.63) is 178 Å². The number of H-pyrrole nitrogens is 2. The van der Waals surface area contributed by atoms with Gasteiger partial charge in [0.05, 0.1) is 55.8 Å². The van der Waals surface area contributed by atoms with Crippen molar-refractivity contribution in [2.45, 2.75) is 27.7 Å². The zero-order chi connectivity index (χ0) is 46.4. The van der Waals surface area contributed by atoms with E-state index in [0.717, 1.165) is 0 Å². The molecular weight excluding hydrogens is 837 g/mol. The summed E-state index contributed by atoms with van der Waals surface area (Å²) in [7, 11) is 0. The van der Waals surface area contributed by atoms with Gasteiger partial charge in [0.2, 0.25) is 11.8 Å². The SMILES string of the molecule is CC(=O)Nc1ccc(-n2c(=O)c(C=C=Cc3c(C)c4c(=O)n(-c5ccc(C(=O)O)cc5)[nH]c4n(-c4ccc(NC(C)=O)cc4)c3=O)c(C)c3c(=O)n(-c4ccc(C(=O)O)cc4)[nH]c32)cc1. The zero-order valence-corrected chi connectivity index (χ0v) is 34.8. The fourth-order valence-corrected chi connectivity index (χ4v) is 7.59. The van der Waals surface area contributed by atoms with E-state index < -0.39 is 34.2 Å². The van der Waals surface area contributed by atoms with Crippen molar-refractivity contribution >= 4 is 69.3 Å². The number of pyridine rings is 2. The molecule has 8 rings (SSSR count). The second-order valence-electron chi connectivity index (χ2n) is 14.9. The second kappa shape index (κ2) is 16.5. The van der Waals surface area contributed by atoms with Gasteiger partial charge in [-0.1, -0.05) is 0 Å². The van der Waals surface area contributed by atoms with E-state index in [1.807, 2.05) is 0 Å². The van der Waals surface area contributed by atoms with Crippen molar-refractivity contribution < 1.29 is 29.4 Å². The van der Waals surface area contributed by atoms with Crippen LogP contribution in [-0.4, -0.2) is 62.7 Å². The fourth-order valence-electron chi connectivity index (χ4n) is 7.59. The van der Waals surface area contributed by atoms with Gasteiger partial charge < -0.3 is 20.8 Å². The number of benzene rings is 4. The summed E-state index contributed by atoms with van der Waals surface area (Å²) >= 11 is 0. The Kier molecular flexibility index (Phi) is 10.8. The van der Waals surface area contributed by atoms with Crippen LogP contribution in [0.1, 0.15) is 56.8 Å². The Bertz CT molecular complexity index is 3380. The number of nitrogens with zero attached hydrogens (tertiary/aromatic N) is 4. The van der Waals surface area contributed by atoms with E-state index in [1.54, 1.807) is 62.4 Å². The second-order valence-corrected chi connectivity index (χ2v) is 14.9. The average Bonchev–Trinajstić information content (AvgIpc) is 3.80. The van der Waals surface area contributed by atoms with Gasteiger partial charge in [-0.15, -0.1) is 5.73 Å². The topological polar surface area (TPSA) is 252 Å². The van der Waals surface area contributed by atoms with Gasteiger partial charge >= 0.3 is 11.9 Å². The van der Waals surface area contributed by atoms with Gasteiger partial charge in [-0.2, -0.15) is 0 Å². The highest BCUT2D eigenvalue weighted by atomic mass is 16.4. The third kappa shape index (κ3) is 7.68. The Morgan fingerprint density at radius 1 is 0.508 bits per heavy atom. The van der Waals surface area contributed by atoms with E-state index in [1.165, 1.54) is 93.0 Å². The van der Waals surface area contributed by atoms with Crippen molar-refractivity contribution in [3.63, 3.8) is 0 Å². The summed E-state index contributed by atoms with van der Waals surface area (Å²) in [5, 5.41) is 30.4. The molecule has 0 saturated heterocycles.